The van der Waals surface area contributed by atoms with E-state index in [0.717, 1.165) is 50.4 Å². The Morgan fingerprint density at radius 2 is 2.28 bits per heavy atom. The van der Waals surface area contributed by atoms with Crippen LogP contribution < -0.4 is 20.3 Å². The van der Waals surface area contributed by atoms with Crippen molar-refractivity contribution in [2.24, 2.45) is 12.0 Å². The Morgan fingerprint density at radius 3 is 3.00 bits per heavy atom. The number of aromatic nitrogens is 2. The van der Waals surface area contributed by atoms with Crippen LogP contribution in [0, 0.1) is 0 Å². The van der Waals surface area contributed by atoms with Gasteiger partial charge < -0.3 is 25.4 Å². The van der Waals surface area contributed by atoms with Crippen LogP contribution in [0.25, 0.3) is 0 Å². The lowest BCUT2D eigenvalue weighted by Gasteiger charge is -2.34. The maximum atomic E-state index is 9.72. The van der Waals surface area contributed by atoms with Gasteiger partial charge in [-0.1, -0.05) is 6.07 Å². The van der Waals surface area contributed by atoms with Crippen LogP contribution in [-0.4, -0.2) is 60.2 Å². The zero-order chi connectivity index (χ0) is 20.6. The summed E-state index contributed by atoms with van der Waals surface area (Å²) in [6.45, 7) is 5.54. The van der Waals surface area contributed by atoms with Crippen molar-refractivity contribution < 1.29 is 9.84 Å². The van der Waals surface area contributed by atoms with Gasteiger partial charge in [0.05, 0.1) is 19.0 Å². The van der Waals surface area contributed by atoms with Crippen LogP contribution in [0.15, 0.2) is 35.6 Å². The lowest BCUT2D eigenvalue weighted by Crippen LogP contribution is -2.51. The van der Waals surface area contributed by atoms with Gasteiger partial charge in [0.1, 0.15) is 0 Å². The summed E-state index contributed by atoms with van der Waals surface area (Å²) in [5.41, 5.74) is 2.25. The number of phenols is 1. The number of hydrogen-bond donors (Lipinski definition) is 3. The Hall–Kier alpha value is -2.90. The molecule has 1 atom stereocenters. The van der Waals surface area contributed by atoms with Crippen molar-refractivity contribution >= 4 is 11.6 Å². The zero-order valence-corrected chi connectivity index (χ0v) is 17.6. The number of benzene rings is 1. The molecule has 8 nitrogen and oxygen atoms in total. The van der Waals surface area contributed by atoms with E-state index in [9.17, 15) is 5.11 Å². The summed E-state index contributed by atoms with van der Waals surface area (Å²) in [5, 5.41) is 20.9. The Balaban J connectivity index is 1.57. The fourth-order valence-corrected chi connectivity index (χ4v) is 3.59. The standard InChI is InChI=1S/C21H32N6O2/c1-4-22-21(23-10-9-16-7-8-19(28)20(12-16)29-3)25-17-6-5-11-27(14-17)18-13-24-26(2)15-18/h7-8,12-13,15,17,28H,4-6,9-11,14H2,1-3H3,(H2,22,23,25). The number of aliphatic imine (C=N–C) groups is 1. The van der Waals surface area contributed by atoms with Gasteiger partial charge in [-0.3, -0.25) is 9.67 Å². The minimum Gasteiger partial charge on any atom is -0.504 e. The third kappa shape index (κ3) is 5.79. The van der Waals surface area contributed by atoms with E-state index in [1.54, 1.807) is 13.2 Å². The first-order chi connectivity index (χ1) is 14.1. The predicted molar refractivity (Wildman–Crippen MR) is 116 cm³/mol. The van der Waals surface area contributed by atoms with E-state index in [1.165, 1.54) is 5.69 Å². The molecule has 1 aliphatic heterocycles. The SMILES string of the molecule is CCNC(=NCCc1ccc(O)c(OC)c1)NC1CCCN(c2cnn(C)c2)C1. The van der Waals surface area contributed by atoms with Crippen LogP contribution in [0.3, 0.4) is 0 Å². The van der Waals surface area contributed by atoms with Crippen LogP contribution in [0.4, 0.5) is 5.69 Å². The van der Waals surface area contributed by atoms with Crippen molar-refractivity contribution in [1.82, 2.24) is 20.4 Å². The molecule has 29 heavy (non-hydrogen) atoms. The third-order valence-corrected chi connectivity index (χ3v) is 5.08. The number of hydrogen-bond acceptors (Lipinski definition) is 5. The smallest absolute Gasteiger partial charge is 0.191 e. The van der Waals surface area contributed by atoms with E-state index < -0.39 is 0 Å². The van der Waals surface area contributed by atoms with Crippen LogP contribution in [0.2, 0.25) is 0 Å². The number of ether oxygens (including phenoxy) is 1. The number of anilines is 1. The highest BCUT2D eigenvalue weighted by molar-refractivity contribution is 5.80. The Morgan fingerprint density at radius 1 is 1.41 bits per heavy atom. The second kappa shape index (κ2) is 10.0. The van der Waals surface area contributed by atoms with E-state index in [4.69, 9.17) is 9.73 Å². The fraction of sp³-hybridized carbons (Fsp3) is 0.524. The number of piperidine rings is 1. The van der Waals surface area contributed by atoms with Crippen LogP contribution >= 0.6 is 0 Å². The van der Waals surface area contributed by atoms with Gasteiger partial charge in [-0.05, 0) is 43.9 Å². The number of aryl methyl sites for hydroxylation is 1. The van der Waals surface area contributed by atoms with Gasteiger partial charge in [0.2, 0.25) is 0 Å². The third-order valence-electron chi connectivity index (χ3n) is 5.08. The molecular weight excluding hydrogens is 368 g/mol. The molecule has 3 rings (SSSR count). The zero-order valence-electron chi connectivity index (χ0n) is 17.6. The van der Waals surface area contributed by atoms with Gasteiger partial charge >= 0.3 is 0 Å². The molecule has 0 saturated carbocycles. The molecule has 1 aliphatic rings. The van der Waals surface area contributed by atoms with Crippen molar-refractivity contribution in [3.63, 3.8) is 0 Å². The molecule has 1 unspecified atom stereocenters. The largest absolute Gasteiger partial charge is 0.504 e. The molecule has 1 aromatic carbocycles. The molecule has 8 heteroatoms. The molecule has 0 spiro atoms. The van der Waals surface area contributed by atoms with E-state index >= 15 is 0 Å². The lowest BCUT2D eigenvalue weighted by molar-refractivity contribution is 0.373. The molecule has 1 aromatic heterocycles. The Kier molecular flexibility index (Phi) is 7.21. The highest BCUT2D eigenvalue weighted by Crippen LogP contribution is 2.26. The van der Waals surface area contributed by atoms with Crippen molar-refractivity contribution in [2.75, 3.05) is 38.2 Å². The monoisotopic (exact) mass is 400 g/mol. The highest BCUT2D eigenvalue weighted by Gasteiger charge is 2.21. The first-order valence-corrected chi connectivity index (χ1v) is 10.2. The Labute approximate surface area is 172 Å². The average Bonchev–Trinajstić information content (AvgIpc) is 3.16. The molecule has 2 aromatic rings. The van der Waals surface area contributed by atoms with Crippen molar-refractivity contribution in [1.29, 1.82) is 0 Å². The van der Waals surface area contributed by atoms with E-state index in [0.29, 0.717) is 18.3 Å². The predicted octanol–water partition coefficient (Wildman–Crippen LogP) is 1.90. The van der Waals surface area contributed by atoms with Crippen molar-refractivity contribution in [3.05, 3.63) is 36.2 Å². The summed E-state index contributed by atoms with van der Waals surface area (Å²) < 4.78 is 7.02. The average molecular weight is 401 g/mol. The summed E-state index contributed by atoms with van der Waals surface area (Å²) in [4.78, 5) is 7.11. The fourth-order valence-electron chi connectivity index (χ4n) is 3.59. The minimum absolute atomic E-state index is 0.158. The number of rotatable bonds is 7. The van der Waals surface area contributed by atoms with Gasteiger partial charge in [0, 0.05) is 45.5 Å². The Bertz CT molecular complexity index is 819. The quantitative estimate of drug-likeness (QED) is 0.486. The summed E-state index contributed by atoms with van der Waals surface area (Å²) in [6.07, 6.45) is 7.02. The summed E-state index contributed by atoms with van der Waals surface area (Å²) in [7, 11) is 3.51. The van der Waals surface area contributed by atoms with Gasteiger partial charge in [-0.25, -0.2) is 0 Å². The molecule has 3 N–H and O–H groups in total. The molecule has 158 valence electrons. The topological polar surface area (TPSA) is 86.9 Å². The van der Waals surface area contributed by atoms with Crippen LogP contribution in [-0.2, 0) is 13.5 Å². The number of methoxy groups -OCH3 is 1. The second-order valence-corrected chi connectivity index (χ2v) is 7.32. The number of guanidine groups is 1. The number of aromatic hydroxyl groups is 1. The lowest BCUT2D eigenvalue weighted by atomic mass is 10.1. The van der Waals surface area contributed by atoms with E-state index in [2.05, 4.69) is 33.8 Å². The summed E-state index contributed by atoms with van der Waals surface area (Å²) >= 11 is 0. The number of phenolic OH excluding ortho intramolecular Hbond substituents is 1. The van der Waals surface area contributed by atoms with Crippen molar-refractivity contribution in [3.8, 4) is 11.5 Å². The first-order valence-electron chi connectivity index (χ1n) is 10.2. The second-order valence-electron chi connectivity index (χ2n) is 7.32. The highest BCUT2D eigenvalue weighted by atomic mass is 16.5. The molecular formula is C21H32N6O2. The molecule has 0 amide bonds. The molecule has 0 bridgehead atoms. The number of nitrogens with one attached hydrogen (secondary N) is 2. The van der Waals surface area contributed by atoms with E-state index in [1.807, 2.05) is 30.1 Å². The van der Waals surface area contributed by atoms with E-state index in [-0.39, 0.29) is 5.75 Å². The van der Waals surface area contributed by atoms with Gasteiger partial charge in [-0.15, -0.1) is 0 Å². The molecule has 1 saturated heterocycles. The molecule has 2 heterocycles. The number of nitrogens with zero attached hydrogens (tertiary/aromatic N) is 4. The summed E-state index contributed by atoms with van der Waals surface area (Å²) in [5.74, 6) is 1.50. The van der Waals surface area contributed by atoms with Crippen LogP contribution in [0.5, 0.6) is 11.5 Å². The normalized spacial score (nSPS) is 17.3. The van der Waals surface area contributed by atoms with Crippen molar-refractivity contribution in [2.45, 2.75) is 32.2 Å². The molecule has 0 radical (unpaired) electrons. The summed E-state index contributed by atoms with van der Waals surface area (Å²) in [6, 6.07) is 5.77. The minimum atomic E-state index is 0.158. The van der Waals surface area contributed by atoms with Gasteiger partial charge in [0.15, 0.2) is 17.5 Å². The van der Waals surface area contributed by atoms with Gasteiger partial charge in [0.25, 0.3) is 0 Å². The molecule has 0 aliphatic carbocycles. The van der Waals surface area contributed by atoms with Gasteiger partial charge in [-0.2, -0.15) is 5.10 Å². The van der Waals surface area contributed by atoms with Crippen LogP contribution in [0.1, 0.15) is 25.3 Å². The maximum absolute atomic E-state index is 9.72. The maximum Gasteiger partial charge on any atom is 0.191 e. The molecule has 1 fully saturated rings. The first kappa shape index (κ1) is 20.8.